The lowest BCUT2D eigenvalue weighted by molar-refractivity contribution is 0.394. The average Bonchev–Trinajstić information content (AvgIpc) is 2.31. The molecule has 0 saturated heterocycles. The number of halogens is 3. The summed E-state index contributed by atoms with van der Waals surface area (Å²) < 4.78 is 43.7. The van der Waals surface area contributed by atoms with Gasteiger partial charge in [0.15, 0.2) is 17.4 Å². The molecule has 0 N–H and O–H groups in total. The normalized spacial score (nSPS) is 10.2. The molecule has 16 heavy (non-hydrogen) atoms. The van der Waals surface area contributed by atoms with Crippen molar-refractivity contribution in [3.63, 3.8) is 0 Å². The minimum absolute atomic E-state index is 0.229. The summed E-state index contributed by atoms with van der Waals surface area (Å²) in [6, 6.07) is 10.9. The smallest absolute Gasteiger partial charge is 0.204 e. The van der Waals surface area contributed by atoms with Crippen LogP contribution in [0.25, 0.3) is 0 Å². The third-order valence-electron chi connectivity index (χ3n) is 1.90. The molecule has 0 amide bonds. The van der Waals surface area contributed by atoms with E-state index in [4.69, 9.17) is 4.74 Å². The predicted molar refractivity (Wildman–Crippen MR) is 51.7 cm³/mol. The first-order chi connectivity index (χ1) is 7.68. The Morgan fingerprint density at radius 2 is 1.75 bits per heavy atom. The molecule has 0 fully saturated rings. The van der Waals surface area contributed by atoms with E-state index in [1.165, 1.54) is 6.07 Å². The van der Waals surface area contributed by atoms with Gasteiger partial charge in [-0.15, -0.1) is 0 Å². The SMILES string of the molecule is Fc1ccc(Oc2[c]cccc2)c(F)c1F. The van der Waals surface area contributed by atoms with Crippen LogP contribution in [0.5, 0.6) is 11.5 Å². The van der Waals surface area contributed by atoms with Gasteiger partial charge in [0.2, 0.25) is 5.82 Å². The molecule has 0 aliphatic carbocycles. The maximum atomic E-state index is 13.2. The Balaban J connectivity index is 2.33. The molecule has 0 atom stereocenters. The Kier molecular flexibility index (Phi) is 2.81. The molecule has 4 heteroatoms. The van der Waals surface area contributed by atoms with Crippen LogP contribution >= 0.6 is 0 Å². The molecule has 0 saturated carbocycles. The predicted octanol–water partition coefficient (Wildman–Crippen LogP) is 3.70. The van der Waals surface area contributed by atoms with E-state index in [0.29, 0.717) is 0 Å². The number of rotatable bonds is 2. The van der Waals surface area contributed by atoms with Crippen molar-refractivity contribution < 1.29 is 17.9 Å². The number of hydrogen-bond acceptors (Lipinski definition) is 1. The van der Waals surface area contributed by atoms with Gasteiger partial charge in [-0.25, -0.2) is 8.78 Å². The molecule has 81 valence electrons. The van der Waals surface area contributed by atoms with Crippen LogP contribution < -0.4 is 4.74 Å². The molecule has 0 unspecified atom stereocenters. The topological polar surface area (TPSA) is 9.23 Å². The molecule has 2 aromatic rings. The minimum atomic E-state index is -1.55. The molecule has 2 aromatic carbocycles. The van der Waals surface area contributed by atoms with E-state index in [1.54, 1.807) is 18.2 Å². The summed E-state index contributed by atoms with van der Waals surface area (Å²) in [5, 5.41) is 0. The third-order valence-corrected chi connectivity index (χ3v) is 1.90. The maximum absolute atomic E-state index is 13.2. The molecular formula is C12H6F3O. The highest BCUT2D eigenvalue weighted by Crippen LogP contribution is 2.26. The molecule has 0 bridgehead atoms. The Labute approximate surface area is 90.1 Å². The molecular weight excluding hydrogens is 217 g/mol. The van der Waals surface area contributed by atoms with E-state index in [9.17, 15) is 13.2 Å². The summed E-state index contributed by atoms with van der Waals surface area (Å²) in [7, 11) is 0. The van der Waals surface area contributed by atoms with Gasteiger partial charge in [-0.2, -0.15) is 4.39 Å². The first-order valence-corrected chi connectivity index (χ1v) is 4.46. The minimum Gasteiger partial charge on any atom is -0.454 e. The zero-order valence-corrected chi connectivity index (χ0v) is 8.01. The van der Waals surface area contributed by atoms with E-state index in [0.717, 1.165) is 12.1 Å². The van der Waals surface area contributed by atoms with E-state index < -0.39 is 17.5 Å². The van der Waals surface area contributed by atoms with Crippen LogP contribution in [0.4, 0.5) is 13.2 Å². The number of benzene rings is 2. The van der Waals surface area contributed by atoms with Crippen molar-refractivity contribution >= 4 is 0 Å². The van der Waals surface area contributed by atoms with Crippen LogP contribution in [0, 0.1) is 23.5 Å². The second kappa shape index (κ2) is 4.26. The number of hydrogen-bond donors (Lipinski definition) is 0. The van der Waals surface area contributed by atoms with E-state index >= 15 is 0 Å². The lowest BCUT2D eigenvalue weighted by atomic mass is 10.3. The van der Waals surface area contributed by atoms with Crippen molar-refractivity contribution in [3.8, 4) is 11.5 Å². The first-order valence-electron chi connectivity index (χ1n) is 4.46. The fraction of sp³-hybridized carbons (Fsp3) is 0. The summed E-state index contributed by atoms with van der Waals surface area (Å²) in [5.74, 6) is -4.29. The van der Waals surface area contributed by atoms with E-state index in [1.807, 2.05) is 0 Å². The fourth-order valence-electron chi connectivity index (χ4n) is 1.15. The highest BCUT2D eigenvalue weighted by molar-refractivity contribution is 5.32. The lowest BCUT2D eigenvalue weighted by Crippen LogP contribution is -1.94. The van der Waals surface area contributed by atoms with Crippen LogP contribution in [0.1, 0.15) is 0 Å². The molecule has 0 aromatic heterocycles. The summed E-state index contributed by atoms with van der Waals surface area (Å²) in [4.78, 5) is 0. The molecule has 1 radical (unpaired) electrons. The lowest BCUT2D eigenvalue weighted by Gasteiger charge is -2.06. The van der Waals surface area contributed by atoms with Crippen LogP contribution in [-0.2, 0) is 0 Å². The largest absolute Gasteiger partial charge is 0.454 e. The van der Waals surface area contributed by atoms with Crippen LogP contribution in [0.2, 0.25) is 0 Å². The van der Waals surface area contributed by atoms with Gasteiger partial charge in [0.25, 0.3) is 0 Å². The summed E-state index contributed by atoms with van der Waals surface area (Å²) >= 11 is 0. The molecule has 1 nitrogen and oxygen atoms in total. The van der Waals surface area contributed by atoms with Crippen molar-refractivity contribution in [1.29, 1.82) is 0 Å². The maximum Gasteiger partial charge on any atom is 0.204 e. The van der Waals surface area contributed by atoms with Gasteiger partial charge in [-0.3, -0.25) is 0 Å². The third kappa shape index (κ3) is 2.00. The zero-order chi connectivity index (χ0) is 11.5. The highest BCUT2D eigenvalue weighted by atomic mass is 19.2. The second-order valence-electron chi connectivity index (χ2n) is 3.00. The Morgan fingerprint density at radius 3 is 2.44 bits per heavy atom. The van der Waals surface area contributed by atoms with Crippen LogP contribution in [0.3, 0.4) is 0 Å². The standard InChI is InChI=1S/C12H6F3O/c13-9-6-7-10(12(15)11(9)14)16-8-4-2-1-3-5-8/h1-4,6-7H. The quantitative estimate of drug-likeness (QED) is 0.705. The van der Waals surface area contributed by atoms with Gasteiger partial charge < -0.3 is 4.74 Å². The molecule has 2 rings (SSSR count). The molecule has 0 aliphatic heterocycles. The molecule has 0 aliphatic rings. The Morgan fingerprint density at radius 1 is 0.938 bits per heavy atom. The summed E-state index contributed by atoms with van der Waals surface area (Å²) in [6.07, 6.45) is 0. The van der Waals surface area contributed by atoms with Gasteiger partial charge in [-0.05, 0) is 18.2 Å². The van der Waals surface area contributed by atoms with Crippen molar-refractivity contribution in [2.45, 2.75) is 0 Å². The van der Waals surface area contributed by atoms with Crippen molar-refractivity contribution in [2.24, 2.45) is 0 Å². The Hall–Kier alpha value is -1.97. The van der Waals surface area contributed by atoms with Crippen LogP contribution in [0.15, 0.2) is 36.4 Å². The van der Waals surface area contributed by atoms with Gasteiger partial charge in [-0.1, -0.05) is 18.2 Å². The first kappa shape index (κ1) is 10.5. The molecule has 0 heterocycles. The Bertz CT molecular complexity index is 497. The van der Waals surface area contributed by atoms with Crippen molar-refractivity contribution in [3.05, 3.63) is 59.9 Å². The monoisotopic (exact) mass is 223 g/mol. The van der Waals surface area contributed by atoms with Crippen molar-refractivity contribution in [2.75, 3.05) is 0 Å². The van der Waals surface area contributed by atoms with Gasteiger partial charge in [0.1, 0.15) is 5.75 Å². The number of ether oxygens (including phenoxy) is 1. The summed E-state index contributed by atoms with van der Waals surface area (Å²) in [6.45, 7) is 0. The van der Waals surface area contributed by atoms with Crippen molar-refractivity contribution in [1.82, 2.24) is 0 Å². The van der Waals surface area contributed by atoms with Gasteiger partial charge in [0.05, 0.1) is 0 Å². The van der Waals surface area contributed by atoms with Crippen LogP contribution in [-0.4, -0.2) is 0 Å². The van der Waals surface area contributed by atoms with Gasteiger partial charge >= 0.3 is 0 Å². The van der Waals surface area contributed by atoms with E-state index in [2.05, 4.69) is 6.07 Å². The van der Waals surface area contributed by atoms with E-state index in [-0.39, 0.29) is 11.5 Å². The zero-order valence-electron chi connectivity index (χ0n) is 8.01. The second-order valence-corrected chi connectivity index (χ2v) is 3.00. The van der Waals surface area contributed by atoms with Gasteiger partial charge in [0, 0.05) is 6.07 Å². The molecule has 0 spiro atoms. The highest BCUT2D eigenvalue weighted by Gasteiger charge is 2.14. The average molecular weight is 223 g/mol. The summed E-state index contributed by atoms with van der Waals surface area (Å²) in [5.41, 5.74) is 0. The fourth-order valence-corrected chi connectivity index (χ4v) is 1.15. The number of para-hydroxylation sites is 1.